The summed E-state index contributed by atoms with van der Waals surface area (Å²) in [6.45, 7) is 7.35. The zero-order valence-electron chi connectivity index (χ0n) is 19.6. The molecule has 0 radical (unpaired) electrons. The number of rotatable bonds is 4. The number of aromatic nitrogens is 7. The smallest absolute Gasteiger partial charge is 0.330 e. The molecule has 4 aromatic heterocycles. The van der Waals surface area contributed by atoms with Gasteiger partial charge in [0.2, 0.25) is 5.95 Å². The number of aryl methyl sites for hydroxylation is 4. The first kappa shape index (κ1) is 21.3. The van der Waals surface area contributed by atoms with E-state index in [0.29, 0.717) is 30.3 Å². The van der Waals surface area contributed by atoms with E-state index in [1.54, 1.807) is 28.6 Å². The first-order valence-electron chi connectivity index (χ1n) is 11.1. The van der Waals surface area contributed by atoms with E-state index in [1.165, 1.54) is 0 Å². The van der Waals surface area contributed by atoms with Gasteiger partial charge in [-0.05, 0) is 45.2 Å². The van der Waals surface area contributed by atoms with Crippen molar-refractivity contribution in [2.45, 2.75) is 39.7 Å². The fraction of sp³-hybridized carbons (Fsp3) is 0.435. The minimum atomic E-state index is -0.0761. The first-order chi connectivity index (χ1) is 15.8. The molecule has 0 saturated carbocycles. The van der Waals surface area contributed by atoms with Gasteiger partial charge in [0.1, 0.15) is 5.52 Å². The topological polar surface area (TPSA) is 105 Å². The van der Waals surface area contributed by atoms with Crippen molar-refractivity contribution in [2.75, 3.05) is 18.5 Å². The van der Waals surface area contributed by atoms with Gasteiger partial charge in [-0.15, -0.1) is 0 Å². The molecule has 1 N–H and O–H groups in total. The molecule has 0 amide bonds. The molecular weight excluding hydrogens is 420 g/mol. The fourth-order valence-corrected chi connectivity index (χ4v) is 4.56. The van der Waals surface area contributed by atoms with Crippen molar-refractivity contribution in [1.82, 2.24) is 33.9 Å². The van der Waals surface area contributed by atoms with Crippen LogP contribution in [0.4, 0.5) is 11.6 Å². The van der Waals surface area contributed by atoms with Gasteiger partial charge < -0.3 is 10.1 Å². The number of fused-ring (bicyclic) bond motifs is 1. The van der Waals surface area contributed by atoms with E-state index in [2.05, 4.69) is 20.4 Å². The van der Waals surface area contributed by atoms with Crippen LogP contribution in [-0.4, -0.2) is 47.1 Å². The molecule has 0 bridgehead atoms. The quantitative estimate of drug-likeness (QED) is 0.512. The van der Waals surface area contributed by atoms with Gasteiger partial charge in [-0.1, -0.05) is 0 Å². The maximum atomic E-state index is 12.9. The highest BCUT2D eigenvalue weighted by atomic mass is 16.5. The van der Waals surface area contributed by atoms with Gasteiger partial charge in [-0.3, -0.25) is 18.8 Å². The molecule has 5 heterocycles. The Balaban J connectivity index is 1.50. The van der Waals surface area contributed by atoms with Gasteiger partial charge in [0.25, 0.3) is 0 Å². The van der Waals surface area contributed by atoms with Crippen LogP contribution in [-0.2, 0) is 18.8 Å². The molecule has 1 fully saturated rings. The summed E-state index contributed by atoms with van der Waals surface area (Å²) in [5.74, 6) is 0.431. The molecule has 0 spiro atoms. The molecule has 4 aromatic rings. The number of nitrogens with zero attached hydrogens (tertiary/aromatic N) is 7. The molecule has 0 aliphatic carbocycles. The zero-order valence-corrected chi connectivity index (χ0v) is 19.6. The Bertz CT molecular complexity index is 1410. The van der Waals surface area contributed by atoms with Gasteiger partial charge in [0.05, 0.1) is 29.5 Å². The Morgan fingerprint density at radius 1 is 1.09 bits per heavy atom. The first-order valence-corrected chi connectivity index (χ1v) is 11.1. The minimum absolute atomic E-state index is 0.0753. The summed E-state index contributed by atoms with van der Waals surface area (Å²) in [6.07, 6.45) is 5.08. The fourth-order valence-electron chi connectivity index (χ4n) is 4.56. The molecule has 0 unspecified atom stereocenters. The van der Waals surface area contributed by atoms with Crippen LogP contribution in [0.3, 0.4) is 0 Å². The second kappa shape index (κ2) is 8.11. The summed E-state index contributed by atoms with van der Waals surface area (Å²) >= 11 is 0. The minimum Gasteiger partial charge on any atom is -0.381 e. The third kappa shape index (κ3) is 3.60. The van der Waals surface area contributed by atoms with Crippen LogP contribution in [0.1, 0.15) is 35.8 Å². The van der Waals surface area contributed by atoms with Crippen molar-refractivity contribution >= 4 is 22.8 Å². The predicted molar refractivity (Wildman–Crippen MR) is 126 cm³/mol. The Kier molecular flexibility index (Phi) is 5.24. The Morgan fingerprint density at radius 2 is 1.85 bits per heavy atom. The SMILES string of the molecule is Cc1cc(-c2c(C)nn(C)c2C)ncc1Nc1ncc2c(n1)n(C1CCOCC1)c(=O)n2C. The van der Waals surface area contributed by atoms with Crippen LogP contribution in [0.5, 0.6) is 0 Å². The molecule has 10 nitrogen and oxygen atoms in total. The van der Waals surface area contributed by atoms with Crippen molar-refractivity contribution in [1.29, 1.82) is 0 Å². The highest BCUT2D eigenvalue weighted by Crippen LogP contribution is 2.29. The molecule has 0 aromatic carbocycles. The molecule has 5 rings (SSSR count). The van der Waals surface area contributed by atoms with Crippen LogP contribution < -0.4 is 11.0 Å². The molecule has 1 aliphatic heterocycles. The standard InChI is InChI=1S/C23H28N8O2/c1-13-10-17(20-14(2)28-30(5)15(20)3)24-11-18(13)26-22-25-12-19-21(27-22)31(23(32)29(19)4)16-6-8-33-9-7-16/h10-12,16H,6-9H2,1-5H3,(H,25,26,27). The third-order valence-corrected chi connectivity index (χ3v) is 6.51. The van der Waals surface area contributed by atoms with E-state index in [9.17, 15) is 4.79 Å². The highest BCUT2D eigenvalue weighted by molar-refractivity contribution is 5.74. The largest absolute Gasteiger partial charge is 0.381 e. The van der Waals surface area contributed by atoms with Crippen molar-refractivity contribution in [2.24, 2.45) is 14.1 Å². The number of hydrogen-bond donors (Lipinski definition) is 1. The lowest BCUT2D eigenvalue weighted by Gasteiger charge is -2.22. The molecule has 0 atom stereocenters. The van der Waals surface area contributed by atoms with Gasteiger partial charge >= 0.3 is 5.69 Å². The lowest BCUT2D eigenvalue weighted by Crippen LogP contribution is -2.30. The highest BCUT2D eigenvalue weighted by Gasteiger charge is 2.23. The number of nitrogens with one attached hydrogen (secondary N) is 1. The molecule has 10 heteroatoms. The van der Waals surface area contributed by atoms with E-state index in [1.807, 2.05) is 38.6 Å². The predicted octanol–water partition coefficient (Wildman–Crippen LogP) is 2.95. The van der Waals surface area contributed by atoms with E-state index in [0.717, 1.165) is 46.7 Å². The van der Waals surface area contributed by atoms with Crippen LogP contribution in [0, 0.1) is 20.8 Å². The summed E-state index contributed by atoms with van der Waals surface area (Å²) in [7, 11) is 3.69. The average molecular weight is 449 g/mol. The Morgan fingerprint density at radius 3 is 2.52 bits per heavy atom. The van der Waals surface area contributed by atoms with Crippen LogP contribution in [0.25, 0.3) is 22.4 Å². The number of ether oxygens (including phenoxy) is 1. The third-order valence-electron chi connectivity index (χ3n) is 6.51. The monoisotopic (exact) mass is 448 g/mol. The normalized spacial score (nSPS) is 14.8. The summed E-state index contributed by atoms with van der Waals surface area (Å²) in [5.41, 5.74) is 7.06. The van der Waals surface area contributed by atoms with Crippen LogP contribution in [0.15, 0.2) is 23.3 Å². The number of pyridine rings is 1. The second-order valence-corrected chi connectivity index (χ2v) is 8.64. The van der Waals surface area contributed by atoms with Crippen molar-refractivity contribution in [3.05, 3.63) is 45.9 Å². The second-order valence-electron chi connectivity index (χ2n) is 8.64. The number of hydrogen-bond acceptors (Lipinski definition) is 7. The summed E-state index contributed by atoms with van der Waals surface area (Å²) < 4.78 is 10.7. The maximum absolute atomic E-state index is 12.9. The Hall–Kier alpha value is -3.53. The lowest BCUT2D eigenvalue weighted by molar-refractivity contribution is 0.0695. The van der Waals surface area contributed by atoms with E-state index in [4.69, 9.17) is 9.72 Å². The molecular formula is C23H28N8O2. The molecule has 33 heavy (non-hydrogen) atoms. The van der Waals surface area contributed by atoms with Gasteiger partial charge in [0, 0.05) is 44.6 Å². The Labute approximate surface area is 191 Å². The average Bonchev–Trinajstić information content (AvgIpc) is 3.21. The van der Waals surface area contributed by atoms with Gasteiger partial charge in [0.15, 0.2) is 5.65 Å². The number of anilines is 2. The van der Waals surface area contributed by atoms with Crippen molar-refractivity contribution in [3.63, 3.8) is 0 Å². The van der Waals surface area contributed by atoms with E-state index >= 15 is 0 Å². The summed E-state index contributed by atoms with van der Waals surface area (Å²) in [6, 6.07) is 2.12. The summed E-state index contributed by atoms with van der Waals surface area (Å²) in [5, 5.41) is 7.78. The van der Waals surface area contributed by atoms with E-state index in [-0.39, 0.29) is 11.7 Å². The van der Waals surface area contributed by atoms with Crippen LogP contribution in [0.2, 0.25) is 0 Å². The molecule has 1 saturated heterocycles. The van der Waals surface area contributed by atoms with Crippen molar-refractivity contribution < 1.29 is 4.74 Å². The maximum Gasteiger partial charge on any atom is 0.330 e. The van der Waals surface area contributed by atoms with Gasteiger partial charge in [-0.25, -0.2) is 9.78 Å². The zero-order chi connectivity index (χ0) is 23.3. The summed E-state index contributed by atoms with van der Waals surface area (Å²) in [4.78, 5) is 26.8. The van der Waals surface area contributed by atoms with Crippen molar-refractivity contribution in [3.8, 4) is 11.3 Å². The number of imidazole rings is 1. The van der Waals surface area contributed by atoms with Crippen LogP contribution >= 0.6 is 0 Å². The lowest BCUT2D eigenvalue weighted by atomic mass is 10.1. The van der Waals surface area contributed by atoms with E-state index < -0.39 is 0 Å². The molecule has 1 aliphatic rings. The van der Waals surface area contributed by atoms with Gasteiger partial charge in [-0.2, -0.15) is 10.1 Å². The molecule has 172 valence electrons.